The van der Waals surface area contributed by atoms with Crippen LogP contribution < -0.4 is 24.4 Å². The van der Waals surface area contributed by atoms with Gasteiger partial charge in [-0.2, -0.15) is 5.10 Å². The standard InChI is InChI=1S/C35H30N4O6S/c1-5-44-34(42)30-21(2)36-35-39(32(30)24-16-17-27(45-22(3)40)28(18-24)43-4)33(41)29(46-35)19-25-20-38(26-14-10-7-11-15-26)37-31(25)23-12-8-6-9-13-23/h6-20,32H,5H2,1-4H3/b29-19+/t32-/m0/s1. The molecule has 0 spiro atoms. The Morgan fingerprint density at radius 2 is 1.72 bits per heavy atom. The summed E-state index contributed by atoms with van der Waals surface area (Å²) >= 11 is 1.22. The molecule has 46 heavy (non-hydrogen) atoms. The van der Waals surface area contributed by atoms with Gasteiger partial charge in [0, 0.05) is 24.2 Å². The smallest absolute Gasteiger partial charge is 0.338 e. The van der Waals surface area contributed by atoms with E-state index in [0.29, 0.717) is 26.3 Å². The molecule has 0 fully saturated rings. The molecular formula is C35H30N4O6S. The van der Waals surface area contributed by atoms with Gasteiger partial charge in [0.1, 0.15) is 0 Å². The number of fused-ring (bicyclic) bond motifs is 1. The highest BCUT2D eigenvalue weighted by Crippen LogP contribution is 2.36. The SMILES string of the molecule is CCOC(=O)C1=C(C)N=c2s/c(=C/c3cn(-c4ccccc4)nc3-c3ccccc3)c(=O)n2[C@H]1c1ccc(OC(C)=O)c(OC)c1. The van der Waals surface area contributed by atoms with Crippen molar-refractivity contribution < 1.29 is 23.8 Å². The van der Waals surface area contributed by atoms with Gasteiger partial charge in [-0.05, 0) is 49.8 Å². The van der Waals surface area contributed by atoms with Gasteiger partial charge in [-0.3, -0.25) is 14.2 Å². The van der Waals surface area contributed by atoms with Crippen molar-refractivity contribution in [2.75, 3.05) is 13.7 Å². The molecule has 232 valence electrons. The highest BCUT2D eigenvalue weighted by atomic mass is 32.1. The largest absolute Gasteiger partial charge is 0.493 e. The van der Waals surface area contributed by atoms with E-state index < -0.39 is 18.0 Å². The van der Waals surface area contributed by atoms with Crippen LogP contribution >= 0.6 is 11.3 Å². The molecule has 1 atom stereocenters. The Hall–Kier alpha value is -5.55. The number of thiazole rings is 1. The van der Waals surface area contributed by atoms with Gasteiger partial charge in [-0.1, -0.05) is 65.9 Å². The van der Waals surface area contributed by atoms with Crippen LogP contribution in [0.25, 0.3) is 23.0 Å². The maximum atomic E-state index is 14.3. The van der Waals surface area contributed by atoms with Crippen LogP contribution in [0.2, 0.25) is 0 Å². The molecule has 6 rings (SSSR count). The van der Waals surface area contributed by atoms with E-state index in [1.807, 2.05) is 72.9 Å². The van der Waals surface area contributed by atoms with E-state index >= 15 is 0 Å². The first-order valence-corrected chi connectivity index (χ1v) is 15.4. The second-order valence-electron chi connectivity index (χ2n) is 10.4. The third kappa shape index (κ3) is 5.80. The molecule has 0 saturated heterocycles. The van der Waals surface area contributed by atoms with Crippen molar-refractivity contribution in [3.8, 4) is 28.4 Å². The molecule has 0 unspecified atom stereocenters. The minimum Gasteiger partial charge on any atom is -0.493 e. The van der Waals surface area contributed by atoms with Crippen molar-refractivity contribution in [1.82, 2.24) is 14.3 Å². The zero-order valence-corrected chi connectivity index (χ0v) is 26.4. The van der Waals surface area contributed by atoms with Crippen molar-refractivity contribution in [2.24, 2.45) is 4.99 Å². The molecule has 10 nitrogen and oxygen atoms in total. The fourth-order valence-corrected chi connectivity index (χ4v) is 6.41. The minimum absolute atomic E-state index is 0.148. The number of benzene rings is 3. The number of hydrogen-bond acceptors (Lipinski definition) is 9. The quantitative estimate of drug-likeness (QED) is 0.181. The Balaban J connectivity index is 1.55. The Kier molecular flexibility index (Phi) is 8.49. The lowest BCUT2D eigenvalue weighted by atomic mass is 9.95. The highest BCUT2D eigenvalue weighted by Gasteiger charge is 2.34. The lowest BCUT2D eigenvalue weighted by molar-refractivity contribution is -0.139. The molecule has 0 N–H and O–H groups in total. The van der Waals surface area contributed by atoms with E-state index in [1.165, 1.54) is 29.9 Å². The molecule has 5 aromatic rings. The normalized spacial score (nSPS) is 14.4. The van der Waals surface area contributed by atoms with E-state index in [0.717, 1.165) is 16.8 Å². The molecule has 1 aliphatic heterocycles. The van der Waals surface area contributed by atoms with Crippen molar-refractivity contribution in [1.29, 1.82) is 0 Å². The summed E-state index contributed by atoms with van der Waals surface area (Å²) < 4.78 is 19.9. The highest BCUT2D eigenvalue weighted by molar-refractivity contribution is 7.07. The zero-order valence-electron chi connectivity index (χ0n) is 25.6. The van der Waals surface area contributed by atoms with Gasteiger partial charge in [-0.15, -0.1) is 0 Å². The maximum Gasteiger partial charge on any atom is 0.338 e. The summed E-state index contributed by atoms with van der Waals surface area (Å²) in [5.41, 5.74) is 4.10. The number of allylic oxidation sites excluding steroid dienone is 1. The van der Waals surface area contributed by atoms with Crippen molar-refractivity contribution in [3.63, 3.8) is 0 Å². The number of para-hydroxylation sites is 1. The van der Waals surface area contributed by atoms with Crippen LogP contribution in [0.15, 0.2) is 106 Å². The van der Waals surface area contributed by atoms with E-state index in [1.54, 1.807) is 36.7 Å². The number of carbonyl (C=O) groups excluding carboxylic acids is 2. The molecular weight excluding hydrogens is 604 g/mol. The van der Waals surface area contributed by atoms with E-state index in [-0.39, 0.29) is 29.2 Å². The predicted molar refractivity (Wildman–Crippen MR) is 174 cm³/mol. The molecule has 0 amide bonds. The summed E-state index contributed by atoms with van der Waals surface area (Å²) in [5.74, 6) is -0.601. The van der Waals surface area contributed by atoms with Crippen LogP contribution in [-0.2, 0) is 14.3 Å². The molecule has 0 radical (unpaired) electrons. The number of aromatic nitrogens is 3. The van der Waals surface area contributed by atoms with Crippen LogP contribution in [0.4, 0.5) is 0 Å². The average molecular weight is 635 g/mol. The van der Waals surface area contributed by atoms with Crippen molar-refractivity contribution in [3.05, 3.63) is 127 Å². The Morgan fingerprint density at radius 1 is 1.00 bits per heavy atom. The summed E-state index contributed by atoms with van der Waals surface area (Å²) in [4.78, 5) is 44.4. The van der Waals surface area contributed by atoms with Gasteiger partial charge in [0.25, 0.3) is 5.56 Å². The van der Waals surface area contributed by atoms with Gasteiger partial charge >= 0.3 is 11.9 Å². The average Bonchev–Trinajstić information content (AvgIpc) is 3.61. The first-order valence-electron chi connectivity index (χ1n) is 14.6. The first-order chi connectivity index (χ1) is 22.3. The molecule has 3 heterocycles. The van der Waals surface area contributed by atoms with E-state index in [9.17, 15) is 14.4 Å². The third-order valence-corrected chi connectivity index (χ3v) is 8.35. The summed E-state index contributed by atoms with van der Waals surface area (Å²) in [6.45, 7) is 4.88. The third-order valence-electron chi connectivity index (χ3n) is 7.37. The molecule has 11 heteroatoms. The number of nitrogens with zero attached hydrogens (tertiary/aromatic N) is 4. The van der Waals surface area contributed by atoms with Crippen LogP contribution in [0.3, 0.4) is 0 Å². The lowest BCUT2D eigenvalue weighted by Gasteiger charge is -2.25. The second-order valence-corrected chi connectivity index (χ2v) is 11.4. The molecule has 1 aliphatic rings. The fraction of sp³-hybridized carbons (Fsp3) is 0.171. The van der Waals surface area contributed by atoms with Crippen molar-refractivity contribution in [2.45, 2.75) is 26.8 Å². The number of esters is 2. The Morgan fingerprint density at radius 3 is 2.39 bits per heavy atom. The minimum atomic E-state index is -0.877. The van der Waals surface area contributed by atoms with Gasteiger partial charge in [0.2, 0.25) is 0 Å². The fourth-order valence-electron chi connectivity index (χ4n) is 5.37. The number of rotatable bonds is 8. The summed E-state index contributed by atoms with van der Waals surface area (Å²) in [7, 11) is 1.45. The molecule has 0 bridgehead atoms. The predicted octanol–water partition coefficient (Wildman–Crippen LogP) is 4.58. The number of ether oxygens (including phenoxy) is 3. The summed E-state index contributed by atoms with van der Waals surface area (Å²) in [6.07, 6.45) is 3.70. The van der Waals surface area contributed by atoms with Crippen LogP contribution in [0.5, 0.6) is 11.5 Å². The van der Waals surface area contributed by atoms with Crippen LogP contribution in [0.1, 0.15) is 37.9 Å². The number of hydrogen-bond donors (Lipinski definition) is 0. The summed E-state index contributed by atoms with van der Waals surface area (Å²) in [5, 5.41) is 4.88. The first kappa shape index (κ1) is 30.5. The number of methoxy groups -OCH3 is 1. The van der Waals surface area contributed by atoms with E-state index in [4.69, 9.17) is 19.3 Å². The van der Waals surface area contributed by atoms with Crippen molar-refractivity contribution >= 4 is 29.4 Å². The Labute approximate surface area is 268 Å². The Bertz CT molecular complexity index is 2160. The lowest BCUT2D eigenvalue weighted by Crippen LogP contribution is -2.40. The molecule has 3 aromatic carbocycles. The van der Waals surface area contributed by atoms with Gasteiger partial charge in [0.05, 0.1) is 46.9 Å². The maximum absolute atomic E-state index is 14.3. The van der Waals surface area contributed by atoms with Gasteiger partial charge < -0.3 is 14.2 Å². The number of carbonyl (C=O) groups is 2. The monoisotopic (exact) mass is 634 g/mol. The molecule has 0 saturated carbocycles. The topological polar surface area (TPSA) is 114 Å². The van der Waals surface area contributed by atoms with Crippen LogP contribution in [-0.4, -0.2) is 40.0 Å². The van der Waals surface area contributed by atoms with Gasteiger partial charge in [0.15, 0.2) is 16.3 Å². The van der Waals surface area contributed by atoms with E-state index in [2.05, 4.69) is 4.99 Å². The zero-order chi connectivity index (χ0) is 32.4. The molecule has 2 aromatic heterocycles. The second kappa shape index (κ2) is 12.8. The van der Waals surface area contributed by atoms with Gasteiger partial charge in [-0.25, -0.2) is 14.5 Å². The summed E-state index contributed by atoms with van der Waals surface area (Å²) in [6, 6.07) is 23.5. The molecule has 0 aliphatic carbocycles. The van der Waals surface area contributed by atoms with Crippen LogP contribution in [0, 0.1) is 0 Å².